The van der Waals surface area contributed by atoms with Crippen LogP contribution in [0.2, 0.25) is 0 Å². The van der Waals surface area contributed by atoms with Crippen LogP contribution < -0.4 is 10.2 Å². The minimum absolute atomic E-state index is 0.0735. The van der Waals surface area contributed by atoms with Crippen LogP contribution in [0.4, 0.5) is 17.5 Å². The summed E-state index contributed by atoms with van der Waals surface area (Å²) in [5, 5.41) is 19.8. The molecule has 2 N–H and O–H groups in total. The fourth-order valence-electron chi connectivity index (χ4n) is 4.18. The van der Waals surface area contributed by atoms with Gasteiger partial charge in [-0.2, -0.15) is 10.4 Å². The third-order valence-corrected chi connectivity index (χ3v) is 6.53. The Balaban J connectivity index is 1.38. The number of hydrogen-bond acceptors (Lipinski definition) is 8. The molecule has 34 heavy (non-hydrogen) atoms. The molecular weight excluding hydrogens is 428 g/mol. The topological polar surface area (TPSA) is 114 Å². The molecule has 1 aromatic carbocycles. The van der Waals surface area contributed by atoms with Crippen molar-refractivity contribution in [2.45, 2.75) is 26.2 Å². The Hall–Kier alpha value is -3.77. The molecule has 0 spiro atoms. The monoisotopic (exact) mass is 456 g/mol. The van der Waals surface area contributed by atoms with Crippen LogP contribution in [0, 0.1) is 23.7 Å². The molecule has 2 aromatic heterocycles. The normalized spacial score (nSPS) is 17.3. The van der Waals surface area contributed by atoms with E-state index in [0.29, 0.717) is 42.3 Å². The number of hydrogen-bond donors (Lipinski definition) is 2. The van der Waals surface area contributed by atoms with Crippen LogP contribution in [0.1, 0.15) is 40.3 Å². The van der Waals surface area contributed by atoms with E-state index in [9.17, 15) is 10.1 Å². The second-order valence-corrected chi connectivity index (χ2v) is 9.28. The van der Waals surface area contributed by atoms with Crippen LogP contribution in [-0.2, 0) is 6.42 Å². The first-order chi connectivity index (χ1) is 16.4. The van der Waals surface area contributed by atoms with Gasteiger partial charge in [-0.3, -0.25) is 9.89 Å². The maximum Gasteiger partial charge on any atom is 0.183 e. The second-order valence-electron chi connectivity index (χ2n) is 9.28. The third kappa shape index (κ3) is 4.63. The van der Waals surface area contributed by atoms with Gasteiger partial charge in [0.15, 0.2) is 11.6 Å². The van der Waals surface area contributed by atoms with Crippen LogP contribution in [0.25, 0.3) is 0 Å². The summed E-state index contributed by atoms with van der Waals surface area (Å²) in [4.78, 5) is 26.8. The van der Waals surface area contributed by atoms with E-state index in [-0.39, 0.29) is 5.78 Å². The lowest BCUT2D eigenvalue weighted by atomic mass is 9.95. The second kappa shape index (κ2) is 8.88. The number of aromatic amines is 1. The molecule has 0 unspecified atom stereocenters. The number of ketones is 1. The van der Waals surface area contributed by atoms with E-state index in [2.05, 4.69) is 38.4 Å². The number of piperazine rings is 1. The molecule has 3 heterocycles. The molecular formula is C25H28N8O. The smallest absolute Gasteiger partial charge is 0.183 e. The lowest BCUT2D eigenvalue weighted by Crippen LogP contribution is -2.44. The SMILES string of the molecule is Cc1cc(Nc2cc(N3CCN(C)CC3)nc(Cc3ccc(C(=O)C4(C#N)CC4)cc3)n2)n[nH]1. The molecule has 1 saturated carbocycles. The van der Waals surface area contributed by atoms with E-state index in [4.69, 9.17) is 9.97 Å². The fourth-order valence-corrected chi connectivity index (χ4v) is 4.18. The number of aromatic nitrogens is 4. The molecule has 5 rings (SSSR count). The number of nitrogens with zero attached hydrogens (tertiary/aromatic N) is 6. The number of carbonyl (C=O) groups excluding carboxylic acids is 1. The summed E-state index contributed by atoms with van der Waals surface area (Å²) in [6, 6.07) is 13.6. The first-order valence-corrected chi connectivity index (χ1v) is 11.6. The average molecular weight is 457 g/mol. The first kappa shape index (κ1) is 22.0. The zero-order valence-electron chi connectivity index (χ0n) is 19.5. The van der Waals surface area contributed by atoms with Gasteiger partial charge in [-0.05, 0) is 32.4 Å². The minimum Gasteiger partial charge on any atom is -0.354 e. The lowest BCUT2D eigenvalue weighted by Gasteiger charge is -2.33. The van der Waals surface area contributed by atoms with Crippen molar-refractivity contribution >= 4 is 23.2 Å². The van der Waals surface area contributed by atoms with Gasteiger partial charge in [-0.15, -0.1) is 0 Å². The fraction of sp³-hybridized carbons (Fsp3) is 0.400. The molecule has 1 aliphatic heterocycles. The number of Topliss-reactive ketones (excluding diaryl/α,β-unsaturated/α-hetero) is 1. The highest BCUT2D eigenvalue weighted by molar-refractivity contribution is 6.04. The van der Waals surface area contributed by atoms with Crippen molar-refractivity contribution in [1.82, 2.24) is 25.1 Å². The van der Waals surface area contributed by atoms with Crippen molar-refractivity contribution in [3.63, 3.8) is 0 Å². The Kier molecular flexibility index (Phi) is 5.75. The molecule has 0 bridgehead atoms. The zero-order valence-corrected chi connectivity index (χ0v) is 19.5. The molecule has 2 aliphatic rings. The molecule has 0 amide bonds. The number of aryl methyl sites for hydroxylation is 1. The van der Waals surface area contributed by atoms with Gasteiger partial charge in [0.2, 0.25) is 0 Å². The number of likely N-dealkylation sites (N-methyl/N-ethyl adjacent to an activating group) is 1. The molecule has 0 radical (unpaired) electrons. The van der Waals surface area contributed by atoms with Crippen LogP contribution in [0.5, 0.6) is 0 Å². The number of nitriles is 1. The molecule has 9 heteroatoms. The van der Waals surface area contributed by atoms with Crippen molar-refractivity contribution in [3.8, 4) is 6.07 Å². The summed E-state index contributed by atoms with van der Waals surface area (Å²) in [5.74, 6) is 2.92. The summed E-state index contributed by atoms with van der Waals surface area (Å²) in [5.41, 5.74) is 1.77. The van der Waals surface area contributed by atoms with Gasteiger partial charge >= 0.3 is 0 Å². The maximum absolute atomic E-state index is 12.6. The highest BCUT2D eigenvalue weighted by Gasteiger charge is 2.50. The van der Waals surface area contributed by atoms with Gasteiger partial charge in [0, 0.05) is 56.0 Å². The highest BCUT2D eigenvalue weighted by Crippen LogP contribution is 2.47. The zero-order chi connectivity index (χ0) is 23.7. The Morgan fingerprint density at radius 1 is 1.12 bits per heavy atom. The molecule has 174 valence electrons. The van der Waals surface area contributed by atoms with E-state index >= 15 is 0 Å². The van der Waals surface area contributed by atoms with E-state index < -0.39 is 5.41 Å². The van der Waals surface area contributed by atoms with Crippen molar-refractivity contribution in [2.24, 2.45) is 5.41 Å². The van der Waals surface area contributed by atoms with Gasteiger partial charge in [-0.25, -0.2) is 9.97 Å². The number of rotatable bonds is 7. The first-order valence-electron chi connectivity index (χ1n) is 11.6. The average Bonchev–Trinajstić information content (AvgIpc) is 3.54. The largest absolute Gasteiger partial charge is 0.354 e. The minimum atomic E-state index is -0.799. The number of nitrogens with one attached hydrogen (secondary N) is 2. The molecule has 1 saturated heterocycles. The van der Waals surface area contributed by atoms with Crippen molar-refractivity contribution in [3.05, 3.63) is 59.0 Å². The predicted molar refractivity (Wildman–Crippen MR) is 129 cm³/mol. The Labute approximate surface area is 198 Å². The quantitative estimate of drug-likeness (QED) is 0.522. The van der Waals surface area contributed by atoms with E-state index in [1.54, 1.807) is 0 Å². The summed E-state index contributed by atoms with van der Waals surface area (Å²) in [7, 11) is 2.13. The van der Waals surface area contributed by atoms with E-state index in [0.717, 1.165) is 43.3 Å². The Morgan fingerprint density at radius 3 is 2.47 bits per heavy atom. The lowest BCUT2D eigenvalue weighted by molar-refractivity contribution is 0.0934. The molecule has 0 atom stereocenters. The van der Waals surface area contributed by atoms with Crippen LogP contribution in [-0.4, -0.2) is 64.1 Å². The van der Waals surface area contributed by atoms with Crippen molar-refractivity contribution in [2.75, 3.05) is 43.4 Å². The van der Waals surface area contributed by atoms with Crippen molar-refractivity contribution in [1.29, 1.82) is 5.26 Å². The van der Waals surface area contributed by atoms with Gasteiger partial charge in [0.1, 0.15) is 22.9 Å². The summed E-state index contributed by atoms with van der Waals surface area (Å²) >= 11 is 0. The van der Waals surface area contributed by atoms with Gasteiger partial charge in [0.25, 0.3) is 0 Å². The summed E-state index contributed by atoms with van der Waals surface area (Å²) in [6.07, 6.45) is 1.85. The van der Waals surface area contributed by atoms with Gasteiger partial charge in [0.05, 0.1) is 6.07 Å². The maximum atomic E-state index is 12.6. The van der Waals surface area contributed by atoms with Crippen LogP contribution >= 0.6 is 0 Å². The molecule has 9 nitrogen and oxygen atoms in total. The number of H-pyrrole nitrogens is 1. The predicted octanol–water partition coefficient (Wildman–Crippen LogP) is 3.08. The molecule has 2 fully saturated rings. The van der Waals surface area contributed by atoms with Gasteiger partial charge < -0.3 is 15.1 Å². The molecule has 1 aliphatic carbocycles. The van der Waals surface area contributed by atoms with E-state index in [1.807, 2.05) is 43.3 Å². The standard InChI is InChI=1S/C25H28N8O/c1-17-13-22(31-30-17)28-21-15-23(33-11-9-32(2)10-12-33)29-20(27-21)14-18-3-5-19(6-4-18)24(34)25(16-26)7-8-25/h3-6,13,15H,7-12,14H2,1-2H3,(H2,27,28,29,30,31). The van der Waals surface area contributed by atoms with Gasteiger partial charge in [-0.1, -0.05) is 24.3 Å². The summed E-state index contributed by atoms with van der Waals surface area (Å²) < 4.78 is 0. The van der Waals surface area contributed by atoms with Crippen LogP contribution in [0.3, 0.4) is 0 Å². The van der Waals surface area contributed by atoms with Crippen molar-refractivity contribution < 1.29 is 4.79 Å². The number of benzene rings is 1. The number of carbonyl (C=O) groups is 1. The Morgan fingerprint density at radius 2 is 1.85 bits per heavy atom. The third-order valence-electron chi connectivity index (χ3n) is 6.53. The number of anilines is 3. The van der Waals surface area contributed by atoms with Crippen LogP contribution in [0.15, 0.2) is 36.4 Å². The highest BCUT2D eigenvalue weighted by atomic mass is 16.1. The summed E-state index contributed by atoms with van der Waals surface area (Å²) in [6.45, 7) is 5.74. The molecule has 3 aromatic rings. The Bertz CT molecular complexity index is 1230. The van der Waals surface area contributed by atoms with E-state index in [1.165, 1.54) is 0 Å².